The van der Waals surface area contributed by atoms with Crippen LogP contribution in [-0.4, -0.2) is 30.6 Å². The van der Waals surface area contributed by atoms with E-state index in [-0.39, 0.29) is 12.6 Å². The molecule has 0 aromatic heterocycles. The minimum Gasteiger partial charge on any atom is -0.309 e. The Hall–Kier alpha value is -1.07. The Labute approximate surface area is 124 Å². The largest absolute Gasteiger partial charge is 0.416 e. The van der Waals surface area contributed by atoms with Crippen LogP contribution in [0.25, 0.3) is 0 Å². The maximum atomic E-state index is 12.9. The van der Waals surface area contributed by atoms with Crippen LogP contribution in [0.4, 0.5) is 13.2 Å². The van der Waals surface area contributed by atoms with Crippen molar-refractivity contribution in [2.45, 2.75) is 44.9 Å². The van der Waals surface area contributed by atoms with E-state index >= 15 is 0 Å². The molecule has 0 aliphatic carbocycles. The zero-order chi connectivity index (χ0) is 15.3. The van der Waals surface area contributed by atoms with Crippen LogP contribution in [0.15, 0.2) is 24.3 Å². The number of hydrogen-bond donors (Lipinski definition) is 1. The lowest BCUT2D eigenvalue weighted by Crippen LogP contribution is -2.41. The Morgan fingerprint density at radius 1 is 1.14 bits per heavy atom. The van der Waals surface area contributed by atoms with E-state index in [0.717, 1.165) is 25.7 Å². The molecule has 118 valence electrons. The van der Waals surface area contributed by atoms with E-state index < -0.39 is 11.7 Å². The van der Waals surface area contributed by atoms with Gasteiger partial charge in [-0.2, -0.15) is 13.2 Å². The summed E-state index contributed by atoms with van der Waals surface area (Å²) in [6, 6.07) is 5.96. The molecular weight excluding hydrogens is 277 g/mol. The zero-order valence-electron chi connectivity index (χ0n) is 12.4. The quantitative estimate of drug-likeness (QED) is 0.892. The number of halogens is 3. The number of likely N-dealkylation sites (tertiary alicyclic amines) is 1. The number of alkyl halides is 3. The molecule has 1 saturated heterocycles. The van der Waals surface area contributed by atoms with Crippen molar-refractivity contribution in [3.63, 3.8) is 0 Å². The second-order valence-corrected chi connectivity index (χ2v) is 5.80. The molecule has 1 fully saturated rings. The zero-order valence-corrected chi connectivity index (χ0v) is 12.4. The van der Waals surface area contributed by atoms with Crippen molar-refractivity contribution in [3.8, 4) is 0 Å². The molecule has 1 aromatic rings. The van der Waals surface area contributed by atoms with E-state index in [1.165, 1.54) is 25.3 Å². The molecule has 1 aromatic carbocycles. The molecule has 0 bridgehead atoms. The van der Waals surface area contributed by atoms with Crippen molar-refractivity contribution in [3.05, 3.63) is 35.4 Å². The van der Waals surface area contributed by atoms with Crippen LogP contribution in [0.5, 0.6) is 0 Å². The fourth-order valence-electron chi connectivity index (χ4n) is 2.83. The molecule has 1 N–H and O–H groups in total. The van der Waals surface area contributed by atoms with Crippen molar-refractivity contribution in [1.82, 2.24) is 10.2 Å². The second-order valence-electron chi connectivity index (χ2n) is 5.80. The van der Waals surface area contributed by atoms with Crippen LogP contribution in [0.2, 0.25) is 0 Å². The average Bonchev–Trinajstić information content (AvgIpc) is 2.45. The van der Waals surface area contributed by atoms with E-state index in [1.54, 1.807) is 12.1 Å². The fourth-order valence-corrected chi connectivity index (χ4v) is 2.83. The number of nitrogens with one attached hydrogen (secondary N) is 1. The third-order valence-electron chi connectivity index (χ3n) is 3.94. The summed E-state index contributed by atoms with van der Waals surface area (Å²) >= 11 is 0. The summed E-state index contributed by atoms with van der Waals surface area (Å²) in [6.45, 7) is 5.39. The van der Waals surface area contributed by atoms with Gasteiger partial charge in [-0.3, -0.25) is 0 Å². The average molecular weight is 300 g/mol. The summed E-state index contributed by atoms with van der Waals surface area (Å²) < 4.78 is 38.7. The van der Waals surface area contributed by atoms with Crippen LogP contribution in [-0.2, 0) is 12.7 Å². The van der Waals surface area contributed by atoms with Crippen LogP contribution in [0, 0.1) is 0 Å². The maximum Gasteiger partial charge on any atom is 0.416 e. The SMILES string of the molecule is CC(CN1CCCCC1)NCc1ccccc1C(F)(F)F. The second kappa shape index (κ2) is 7.27. The highest BCUT2D eigenvalue weighted by atomic mass is 19.4. The number of piperidine rings is 1. The van der Waals surface area contributed by atoms with Gasteiger partial charge in [0.15, 0.2) is 0 Å². The van der Waals surface area contributed by atoms with Gasteiger partial charge >= 0.3 is 6.18 Å². The molecule has 0 saturated carbocycles. The predicted molar refractivity (Wildman–Crippen MR) is 78.0 cm³/mol. The minimum absolute atomic E-state index is 0.185. The minimum atomic E-state index is -4.28. The third kappa shape index (κ3) is 5.00. The van der Waals surface area contributed by atoms with Gasteiger partial charge in [-0.15, -0.1) is 0 Å². The van der Waals surface area contributed by atoms with Gasteiger partial charge in [0.05, 0.1) is 5.56 Å². The molecule has 0 spiro atoms. The van der Waals surface area contributed by atoms with Crippen LogP contribution in [0.3, 0.4) is 0 Å². The molecule has 1 atom stereocenters. The molecule has 1 aliphatic rings. The lowest BCUT2D eigenvalue weighted by atomic mass is 10.1. The van der Waals surface area contributed by atoms with E-state index in [1.807, 2.05) is 6.92 Å². The van der Waals surface area contributed by atoms with Crippen molar-refractivity contribution in [2.24, 2.45) is 0 Å². The normalized spacial score (nSPS) is 18.7. The molecule has 1 heterocycles. The van der Waals surface area contributed by atoms with E-state index in [2.05, 4.69) is 10.2 Å². The molecule has 1 unspecified atom stereocenters. The van der Waals surface area contributed by atoms with Gasteiger partial charge < -0.3 is 10.2 Å². The summed E-state index contributed by atoms with van der Waals surface area (Å²) in [4.78, 5) is 2.39. The topological polar surface area (TPSA) is 15.3 Å². The molecule has 2 nitrogen and oxygen atoms in total. The van der Waals surface area contributed by atoms with Crippen molar-refractivity contribution < 1.29 is 13.2 Å². The number of hydrogen-bond acceptors (Lipinski definition) is 2. The predicted octanol–water partition coefficient (Wildman–Crippen LogP) is 3.67. The first-order valence-corrected chi connectivity index (χ1v) is 7.57. The smallest absolute Gasteiger partial charge is 0.309 e. The van der Waals surface area contributed by atoms with Gasteiger partial charge in [0, 0.05) is 19.1 Å². The number of nitrogens with zero attached hydrogens (tertiary/aromatic N) is 1. The van der Waals surface area contributed by atoms with Crippen LogP contribution < -0.4 is 5.32 Å². The highest BCUT2D eigenvalue weighted by Crippen LogP contribution is 2.31. The first-order valence-electron chi connectivity index (χ1n) is 7.57. The Morgan fingerprint density at radius 2 is 1.81 bits per heavy atom. The molecule has 0 amide bonds. The van der Waals surface area contributed by atoms with Gasteiger partial charge in [0.25, 0.3) is 0 Å². The Balaban J connectivity index is 1.87. The fraction of sp³-hybridized carbons (Fsp3) is 0.625. The van der Waals surface area contributed by atoms with Crippen LogP contribution in [0.1, 0.15) is 37.3 Å². The molecular formula is C16H23F3N2. The number of rotatable bonds is 5. The first kappa shape index (κ1) is 16.3. The van der Waals surface area contributed by atoms with Crippen molar-refractivity contribution in [1.29, 1.82) is 0 Å². The van der Waals surface area contributed by atoms with Gasteiger partial charge in [-0.1, -0.05) is 24.6 Å². The maximum absolute atomic E-state index is 12.9. The standard InChI is InChI=1S/C16H23F3N2/c1-13(12-21-9-5-2-6-10-21)20-11-14-7-3-4-8-15(14)16(17,18)19/h3-4,7-8,13,20H,2,5-6,9-12H2,1H3. The van der Waals surface area contributed by atoms with Crippen LogP contribution >= 0.6 is 0 Å². The van der Waals surface area contributed by atoms with Crippen molar-refractivity contribution >= 4 is 0 Å². The Morgan fingerprint density at radius 3 is 2.48 bits per heavy atom. The highest BCUT2D eigenvalue weighted by molar-refractivity contribution is 5.29. The summed E-state index contributed by atoms with van der Waals surface area (Å²) in [5, 5.41) is 3.22. The Bertz CT molecular complexity index is 439. The number of benzene rings is 1. The van der Waals surface area contributed by atoms with Crippen molar-refractivity contribution in [2.75, 3.05) is 19.6 Å². The van der Waals surface area contributed by atoms with E-state index in [0.29, 0.717) is 5.56 Å². The molecule has 1 aliphatic heterocycles. The van der Waals surface area contributed by atoms with E-state index in [4.69, 9.17) is 0 Å². The van der Waals surface area contributed by atoms with Gasteiger partial charge in [0.2, 0.25) is 0 Å². The summed E-state index contributed by atoms with van der Waals surface area (Å²) in [6.07, 6.45) is -0.543. The van der Waals surface area contributed by atoms with Gasteiger partial charge in [-0.25, -0.2) is 0 Å². The molecule has 0 radical (unpaired) electrons. The van der Waals surface area contributed by atoms with E-state index in [9.17, 15) is 13.2 Å². The third-order valence-corrected chi connectivity index (χ3v) is 3.94. The van der Waals surface area contributed by atoms with Gasteiger partial charge in [-0.05, 0) is 44.5 Å². The summed E-state index contributed by atoms with van der Waals surface area (Å²) in [5.74, 6) is 0. The van der Waals surface area contributed by atoms with Gasteiger partial charge in [0.1, 0.15) is 0 Å². The molecule has 2 rings (SSSR count). The summed E-state index contributed by atoms with van der Waals surface area (Å²) in [5.41, 5.74) is -0.224. The lowest BCUT2D eigenvalue weighted by molar-refractivity contribution is -0.138. The molecule has 5 heteroatoms. The monoisotopic (exact) mass is 300 g/mol. The highest BCUT2D eigenvalue weighted by Gasteiger charge is 2.32. The first-order chi connectivity index (χ1) is 9.97. The Kier molecular flexibility index (Phi) is 5.65. The summed E-state index contributed by atoms with van der Waals surface area (Å²) in [7, 11) is 0. The lowest BCUT2D eigenvalue weighted by Gasteiger charge is -2.29. The molecule has 21 heavy (non-hydrogen) atoms.